The molecule has 2 fully saturated rings. The van der Waals surface area contributed by atoms with Crippen molar-refractivity contribution in [2.24, 2.45) is 11.8 Å². The summed E-state index contributed by atoms with van der Waals surface area (Å²) in [5.41, 5.74) is 5.36. The Bertz CT molecular complexity index is 1700. The van der Waals surface area contributed by atoms with Gasteiger partial charge in [-0.3, -0.25) is 24.2 Å². The van der Waals surface area contributed by atoms with Gasteiger partial charge in [0.05, 0.1) is 41.0 Å². The highest BCUT2D eigenvalue weighted by atomic mass is 35.5. The number of benzene rings is 1. The smallest absolute Gasteiger partial charge is 0.275 e. The van der Waals surface area contributed by atoms with Gasteiger partial charge >= 0.3 is 0 Å². The average molecular weight is 584 g/mol. The van der Waals surface area contributed by atoms with Crippen LogP contribution in [0.15, 0.2) is 43.1 Å². The Labute approximate surface area is 235 Å². The van der Waals surface area contributed by atoms with E-state index in [9.17, 15) is 22.8 Å². The second kappa shape index (κ2) is 10.1. The van der Waals surface area contributed by atoms with Gasteiger partial charge in [0.15, 0.2) is 5.82 Å². The van der Waals surface area contributed by atoms with Crippen LogP contribution in [0, 0.1) is 17.7 Å². The van der Waals surface area contributed by atoms with Crippen molar-refractivity contribution in [1.82, 2.24) is 29.7 Å². The number of carbonyl (C=O) groups is 2. The van der Waals surface area contributed by atoms with Crippen molar-refractivity contribution in [3.05, 3.63) is 70.8 Å². The Morgan fingerprint density at radius 2 is 1.98 bits per heavy atom. The summed E-state index contributed by atoms with van der Waals surface area (Å²) in [6.45, 7) is 2.40. The minimum absolute atomic E-state index is 0.0186. The van der Waals surface area contributed by atoms with E-state index in [2.05, 4.69) is 30.4 Å². The summed E-state index contributed by atoms with van der Waals surface area (Å²) < 4.78 is 43.3. The molecule has 1 saturated carbocycles. The van der Waals surface area contributed by atoms with Gasteiger partial charge in [-0.2, -0.15) is 10.1 Å². The third-order valence-electron chi connectivity index (χ3n) is 7.19. The van der Waals surface area contributed by atoms with Crippen LogP contribution in [0.2, 0.25) is 5.02 Å². The summed E-state index contributed by atoms with van der Waals surface area (Å²) in [6.07, 6.45) is 4.56. The number of carbonyl (C=O) groups excluding carboxylic acids is 2. The lowest BCUT2D eigenvalue weighted by atomic mass is 10.0. The molecule has 3 N–H and O–H groups in total. The van der Waals surface area contributed by atoms with Gasteiger partial charge in [0.2, 0.25) is 11.9 Å². The van der Waals surface area contributed by atoms with E-state index in [1.165, 1.54) is 17.1 Å². The molecule has 210 valence electrons. The van der Waals surface area contributed by atoms with Crippen LogP contribution in [-0.2, 0) is 4.79 Å². The molecule has 0 radical (unpaired) electrons. The Morgan fingerprint density at radius 1 is 1.17 bits per heavy atom. The van der Waals surface area contributed by atoms with Crippen molar-refractivity contribution < 1.29 is 22.8 Å². The quantitative estimate of drug-likeness (QED) is 0.328. The van der Waals surface area contributed by atoms with E-state index in [4.69, 9.17) is 17.3 Å². The fourth-order valence-corrected chi connectivity index (χ4v) is 5.02. The predicted octanol–water partition coefficient (Wildman–Crippen LogP) is 4.29. The Hall–Kier alpha value is -4.59. The molecule has 2 amide bonds. The van der Waals surface area contributed by atoms with Gasteiger partial charge in [0.25, 0.3) is 12.3 Å². The maximum Gasteiger partial charge on any atom is 0.275 e. The first-order valence-electron chi connectivity index (χ1n) is 12.5. The van der Waals surface area contributed by atoms with Gasteiger partial charge in [-0.25, -0.2) is 23.1 Å². The van der Waals surface area contributed by atoms with E-state index in [1.807, 2.05) is 0 Å². The molecule has 3 aromatic heterocycles. The second-order valence-corrected chi connectivity index (χ2v) is 10.2. The third-order valence-corrected chi connectivity index (χ3v) is 7.48. The monoisotopic (exact) mass is 583 g/mol. The predicted molar refractivity (Wildman–Crippen MR) is 142 cm³/mol. The maximum atomic E-state index is 14.7. The Morgan fingerprint density at radius 3 is 2.68 bits per heavy atom. The van der Waals surface area contributed by atoms with Crippen molar-refractivity contribution in [3.63, 3.8) is 0 Å². The molecule has 41 heavy (non-hydrogen) atoms. The standard InChI is InChI=1S/C26H21ClF3N9O2/c1-11(16-6-33-26(37-23(16)31)38-9-12-4-15(12)25(38)41)39-10-13(5-34-39)35-24(40)19-8-32-7-18(36-19)20-14(22(29)30)2-3-17(27)21(20)28/h2-3,5-8,10-12,15,22H,4,9H2,1H3,(H,35,40)(H2,31,33,37)/t11?,12-,15-/m1/s1. The van der Waals surface area contributed by atoms with Gasteiger partial charge in [-0.05, 0) is 25.3 Å². The third kappa shape index (κ3) is 4.84. The van der Waals surface area contributed by atoms with Crippen LogP contribution in [0.4, 0.5) is 30.6 Å². The molecule has 1 aliphatic carbocycles. The molecule has 0 bridgehead atoms. The minimum atomic E-state index is -3.01. The zero-order valence-corrected chi connectivity index (χ0v) is 22.1. The number of halogens is 4. The highest BCUT2D eigenvalue weighted by Gasteiger charge is 2.53. The number of alkyl halides is 2. The van der Waals surface area contributed by atoms with Gasteiger partial charge < -0.3 is 11.1 Å². The van der Waals surface area contributed by atoms with Crippen LogP contribution >= 0.6 is 11.6 Å². The molecule has 4 aromatic rings. The van der Waals surface area contributed by atoms with E-state index in [0.717, 1.165) is 30.9 Å². The highest BCUT2D eigenvalue weighted by molar-refractivity contribution is 6.31. The highest BCUT2D eigenvalue weighted by Crippen LogP contribution is 2.46. The number of amides is 2. The van der Waals surface area contributed by atoms with Crippen molar-refractivity contribution in [1.29, 1.82) is 0 Å². The number of rotatable bonds is 7. The molecule has 0 spiro atoms. The van der Waals surface area contributed by atoms with E-state index >= 15 is 0 Å². The number of aromatic nitrogens is 6. The van der Waals surface area contributed by atoms with Gasteiger partial charge in [-0.15, -0.1) is 0 Å². The number of nitrogens with one attached hydrogen (secondary N) is 1. The molecule has 1 unspecified atom stereocenters. The molecule has 1 aliphatic heterocycles. The molecular weight excluding hydrogens is 563 g/mol. The Balaban J connectivity index is 1.18. The van der Waals surface area contributed by atoms with Crippen molar-refractivity contribution >= 4 is 40.9 Å². The van der Waals surface area contributed by atoms with E-state index in [-0.39, 0.29) is 45.7 Å². The lowest BCUT2D eigenvalue weighted by Gasteiger charge is -2.19. The van der Waals surface area contributed by atoms with Crippen LogP contribution < -0.4 is 16.0 Å². The number of nitrogens with zero attached hydrogens (tertiary/aromatic N) is 7. The number of nitrogens with two attached hydrogens (primary N) is 1. The van der Waals surface area contributed by atoms with E-state index < -0.39 is 35.3 Å². The normalized spacial score (nSPS) is 18.5. The summed E-state index contributed by atoms with van der Waals surface area (Å²) in [5.74, 6) is -0.904. The summed E-state index contributed by atoms with van der Waals surface area (Å²) in [7, 11) is 0. The van der Waals surface area contributed by atoms with Crippen molar-refractivity contribution in [2.75, 3.05) is 22.5 Å². The van der Waals surface area contributed by atoms with Crippen LogP contribution in [-0.4, -0.2) is 48.1 Å². The lowest BCUT2D eigenvalue weighted by Crippen LogP contribution is -2.30. The van der Waals surface area contributed by atoms with Crippen molar-refractivity contribution in [2.45, 2.75) is 25.8 Å². The van der Waals surface area contributed by atoms with Crippen LogP contribution in [0.5, 0.6) is 0 Å². The van der Waals surface area contributed by atoms with E-state index in [0.29, 0.717) is 18.0 Å². The molecule has 4 heterocycles. The molecule has 2 aliphatic rings. The molecule has 6 rings (SSSR count). The lowest BCUT2D eigenvalue weighted by molar-refractivity contribution is -0.118. The first-order valence-corrected chi connectivity index (χ1v) is 12.9. The summed E-state index contributed by atoms with van der Waals surface area (Å²) >= 11 is 5.79. The van der Waals surface area contributed by atoms with Gasteiger partial charge in [0, 0.05) is 41.5 Å². The molecule has 3 atom stereocenters. The first-order chi connectivity index (χ1) is 19.6. The molecule has 11 nitrogen and oxygen atoms in total. The van der Waals surface area contributed by atoms with Gasteiger partial charge in [0.1, 0.15) is 11.5 Å². The number of hydrogen-bond acceptors (Lipinski definition) is 8. The van der Waals surface area contributed by atoms with E-state index in [1.54, 1.807) is 18.0 Å². The number of fused-ring (bicyclic) bond motifs is 1. The van der Waals surface area contributed by atoms with Crippen molar-refractivity contribution in [3.8, 4) is 11.3 Å². The summed E-state index contributed by atoms with van der Waals surface area (Å²) in [4.78, 5) is 43.4. The second-order valence-electron chi connectivity index (χ2n) is 9.82. The minimum Gasteiger partial charge on any atom is -0.383 e. The Kier molecular flexibility index (Phi) is 6.56. The van der Waals surface area contributed by atoms with Gasteiger partial charge in [-0.1, -0.05) is 17.7 Å². The number of piperidine rings is 1. The topological polar surface area (TPSA) is 145 Å². The number of anilines is 3. The summed E-state index contributed by atoms with van der Waals surface area (Å²) in [5, 5.41) is 6.50. The molecule has 1 aromatic carbocycles. The molecular formula is C26H21ClF3N9O2. The molecule has 15 heteroatoms. The number of hydrogen-bond donors (Lipinski definition) is 2. The van der Waals surface area contributed by atoms with Crippen LogP contribution in [0.3, 0.4) is 0 Å². The average Bonchev–Trinajstić information content (AvgIpc) is 3.45. The largest absolute Gasteiger partial charge is 0.383 e. The maximum absolute atomic E-state index is 14.7. The fraction of sp³-hybridized carbons (Fsp3) is 0.269. The molecule has 1 saturated heterocycles. The number of nitrogen functional groups attached to an aromatic ring is 1. The summed E-state index contributed by atoms with van der Waals surface area (Å²) in [6, 6.07) is 1.59. The fourth-order valence-electron chi connectivity index (χ4n) is 4.86. The van der Waals surface area contributed by atoms with Crippen LogP contribution in [0.1, 0.15) is 47.4 Å². The first kappa shape index (κ1) is 26.6. The SMILES string of the molecule is CC(c1cnc(N2C[C@H]3C[C@H]3C2=O)nc1N)n1cc(NC(=O)c2cncc(-c3c(C(F)F)ccc(Cl)c3F)n2)cn1. The zero-order valence-electron chi connectivity index (χ0n) is 21.3. The zero-order chi connectivity index (χ0) is 29.0. The van der Waals surface area contributed by atoms with Crippen LogP contribution in [0.25, 0.3) is 11.3 Å².